The van der Waals surface area contributed by atoms with Gasteiger partial charge in [-0.1, -0.05) is 0 Å². The number of carbonyl (C=O) groups is 1. The molecule has 0 unspecified atom stereocenters. The number of hydrogen-bond donors (Lipinski definition) is 2. The zero-order valence-electron chi connectivity index (χ0n) is 8.25. The van der Waals surface area contributed by atoms with Gasteiger partial charge >= 0.3 is 0 Å². The number of nitrogens with one attached hydrogen (secondary N) is 2. The highest BCUT2D eigenvalue weighted by atomic mass is 16.5. The fourth-order valence-electron chi connectivity index (χ4n) is 1.02. The number of aromatic nitrogens is 2. The SMILES string of the molecule is CCOCCCC(=O)Nc1ccn[nH]1. The number of H-pyrrole nitrogens is 1. The minimum absolute atomic E-state index is 0.0195. The first kappa shape index (κ1) is 10.7. The molecule has 5 nitrogen and oxygen atoms in total. The van der Waals surface area contributed by atoms with Crippen LogP contribution in [-0.4, -0.2) is 29.3 Å². The van der Waals surface area contributed by atoms with Gasteiger partial charge in [0.05, 0.1) is 6.20 Å². The van der Waals surface area contributed by atoms with E-state index in [0.29, 0.717) is 25.5 Å². The topological polar surface area (TPSA) is 67.0 Å². The van der Waals surface area contributed by atoms with Crippen LogP contribution in [0.4, 0.5) is 5.82 Å². The van der Waals surface area contributed by atoms with Crippen molar-refractivity contribution < 1.29 is 9.53 Å². The summed E-state index contributed by atoms with van der Waals surface area (Å²) in [5, 5.41) is 9.06. The Morgan fingerprint density at radius 3 is 3.21 bits per heavy atom. The molecule has 14 heavy (non-hydrogen) atoms. The van der Waals surface area contributed by atoms with Crippen LogP contribution in [0, 0.1) is 0 Å². The Balaban J connectivity index is 2.11. The highest BCUT2D eigenvalue weighted by molar-refractivity contribution is 5.89. The van der Waals surface area contributed by atoms with Crippen molar-refractivity contribution in [2.75, 3.05) is 18.5 Å². The molecule has 5 heteroatoms. The third kappa shape index (κ3) is 4.04. The summed E-state index contributed by atoms with van der Waals surface area (Å²) in [6.45, 7) is 3.26. The largest absolute Gasteiger partial charge is 0.382 e. The van der Waals surface area contributed by atoms with Crippen molar-refractivity contribution in [1.29, 1.82) is 0 Å². The van der Waals surface area contributed by atoms with Crippen molar-refractivity contribution in [1.82, 2.24) is 10.2 Å². The number of rotatable bonds is 6. The van der Waals surface area contributed by atoms with E-state index in [1.54, 1.807) is 12.3 Å². The Morgan fingerprint density at radius 1 is 1.71 bits per heavy atom. The predicted molar refractivity (Wildman–Crippen MR) is 52.9 cm³/mol. The van der Waals surface area contributed by atoms with E-state index in [2.05, 4.69) is 15.5 Å². The van der Waals surface area contributed by atoms with Crippen LogP contribution in [0.25, 0.3) is 0 Å². The van der Waals surface area contributed by atoms with Gasteiger partial charge in [0, 0.05) is 25.7 Å². The quantitative estimate of drug-likeness (QED) is 0.672. The Labute approximate surface area is 82.8 Å². The summed E-state index contributed by atoms with van der Waals surface area (Å²) in [5.41, 5.74) is 0. The van der Waals surface area contributed by atoms with Crippen molar-refractivity contribution in [3.63, 3.8) is 0 Å². The molecule has 0 radical (unpaired) electrons. The number of amides is 1. The maximum atomic E-state index is 11.3. The minimum Gasteiger partial charge on any atom is -0.382 e. The fourth-order valence-corrected chi connectivity index (χ4v) is 1.02. The number of hydrogen-bond acceptors (Lipinski definition) is 3. The lowest BCUT2D eigenvalue weighted by Crippen LogP contribution is -2.12. The molecule has 0 aliphatic carbocycles. The van der Waals surface area contributed by atoms with Crippen LogP contribution in [0.5, 0.6) is 0 Å². The average Bonchev–Trinajstić information content (AvgIpc) is 2.65. The van der Waals surface area contributed by atoms with Crippen molar-refractivity contribution in [3.05, 3.63) is 12.3 Å². The molecule has 1 amide bonds. The summed E-state index contributed by atoms with van der Waals surface area (Å²) in [6, 6.07) is 1.71. The molecule has 1 aromatic heterocycles. The molecular weight excluding hydrogens is 182 g/mol. The highest BCUT2D eigenvalue weighted by Crippen LogP contribution is 2.00. The second kappa shape index (κ2) is 6.15. The van der Waals surface area contributed by atoms with E-state index in [9.17, 15) is 4.79 Å². The maximum Gasteiger partial charge on any atom is 0.225 e. The molecule has 2 N–H and O–H groups in total. The summed E-state index contributed by atoms with van der Waals surface area (Å²) in [5.74, 6) is 0.611. The third-order valence-corrected chi connectivity index (χ3v) is 1.67. The maximum absolute atomic E-state index is 11.3. The van der Waals surface area contributed by atoms with Gasteiger partial charge in [0.1, 0.15) is 5.82 Å². The van der Waals surface area contributed by atoms with Crippen molar-refractivity contribution in [3.8, 4) is 0 Å². The lowest BCUT2D eigenvalue weighted by molar-refractivity contribution is -0.116. The van der Waals surface area contributed by atoms with E-state index in [1.807, 2.05) is 6.92 Å². The molecule has 0 saturated carbocycles. The number of aromatic amines is 1. The van der Waals surface area contributed by atoms with Crippen LogP contribution in [0.2, 0.25) is 0 Å². The van der Waals surface area contributed by atoms with E-state index >= 15 is 0 Å². The summed E-state index contributed by atoms with van der Waals surface area (Å²) in [7, 11) is 0. The first-order valence-electron chi connectivity index (χ1n) is 4.70. The fraction of sp³-hybridized carbons (Fsp3) is 0.556. The lowest BCUT2D eigenvalue weighted by atomic mass is 10.3. The minimum atomic E-state index is -0.0195. The van der Waals surface area contributed by atoms with Gasteiger partial charge < -0.3 is 10.1 Å². The standard InChI is InChI=1S/C9H15N3O2/c1-2-14-7-3-4-9(13)11-8-5-6-10-12-8/h5-6H,2-4,7H2,1H3,(H2,10,11,12,13). The Kier molecular flexibility index (Phi) is 4.71. The van der Waals surface area contributed by atoms with Gasteiger partial charge in [-0.3, -0.25) is 9.89 Å². The van der Waals surface area contributed by atoms with E-state index in [0.717, 1.165) is 6.42 Å². The van der Waals surface area contributed by atoms with Gasteiger partial charge in [0.2, 0.25) is 5.91 Å². The van der Waals surface area contributed by atoms with E-state index < -0.39 is 0 Å². The molecule has 0 saturated heterocycles. The third-order valence-electron chi connectivity index (χ3n) is 1.67. The van der Waals surface area contributed by atoms with Crippen LogP contribution >= 0.6 is 0 Å². The number of carbonyl (C=O) groups excluding carboxylic acids is 1. The Morgan fingerprint density at radius 2 is 2.57 bits per heavy atom. The molecule has 1 aromatic rings. The number of nitrogens with zero attached hydrogens (tertiary/aromatic N) is 1. The van der Waals surface area contributed by atoms with E-state index in [-0.39, 0.29) is 5.91 Å². The summed E-state index contributed by atoms with van der Waals surface area (Å²) in [4.78, 5) is 11.3. The molecular formula is C9H15N3O2. The molecule has 78 valence electrons. The summed E-state index contributed by atoms with van der Waals surface area (Å²) >= 11 is 0. The average molecular weight is 197 g/mol. The second-order valence-corrected chi connectivity index (χ2v) is 2.82. The molecule has 1 rings (SSSR count). The molecule has 0 aliphatic heterocycles. The normalized spacial score (nSPS) is 10.1. The van der Waals surface area contributed by atoms with Gasteiger partial charge in [-0.15, -0.1) is 0 Å². The molecule has 0 spiro atoms. The zero-order valence-corrected chi connectivity index (χ0v) is 8.25. The van der Waals surface area contributed by atoms with Crippen molar-refractivity contribution in [2.24, 2.45) is 0 Å². The smallest absolute Gasteiger partial charge is 0.225 e. The van der Waals surface area contributed by atoms with Gasteiger partial charge in [-0.25, -0.2) is 0 Å². The van der Waals surface area contributed by atoms with Gasteiger partial charge in [0.25, 0.3) is 0 Å². The van der Waals surface area contributed by atoms with Crippen LogP contribution in [0.15, 0.2) is 12.3 Å². The monoisotopic (exact) mass is 197 g/mol. The van der Waals surface area contributed by atoms with Crippen molar-refractivity contribution in [2.45, 2.75) is 19.8 Å². The first-order chi connectivity index (χ1) is 6.83. The summed E-state index contributed by atoms with van der Waals surface area (Å²) in [6.07, 6.45) is 2.81. The van der Waals surface area contributed by atoms with Crippen LogP contribution in [-0.2, 0) is 9.53 Å². The van der Waals surface area contributed by atoms with E-state index in [4.69, 9.17) is 4.74 Å². The van der Waals surface area contributed by atoms with Crippen LogP contribution in [0.1, 0.15) is 19.8 Å². The van der Waals surface area contributed by atoms with Gasteiger partial charge in [-0.05, 0) is 13.3 Å². The molecule has 1 heterocycles. The van der Waals surface area contributed by atoms with Crippen molar-refractivity contribution >= 4 is 11.7 Å². The Bertz CT molecular complexity index is 259. The van der Waals surface area contributed by atoms with Gasteiger partial charge in [-0.2, -0.15) is 5.10 Å². The number of ether oxygens (including phenoxy) is 1. The highest BCUT2D eigenvalue weighted by Gasteiger charge is 2.01. The molecule has 0 fully saturated rings. The first-order valence-corrected chi connectivity index (χ1v) is 4.70. The summed E-state index contributed by atoms with van der Waals surface area (Å²) < 4.78 is 5.12. The van der Waals surface area contributed by atoms with Gasteiger partial charge in [0.15, 0.2) is 0 Å². The zero-order chi connectivity index (χ0) is 10.2. The Hall–Kier alpha value is -1.36. The number of anilines is 1. The van der Waals surface area contributed by atoms with Crippen LogP contribution in [0.3, 0.4) is 0 Å². The van der Waals surface area contributed by atoms with Crippen LogP contribution < -0.4 is 5.32 Å². The lowest BCUT2D eigenvalue weighted by Gasteiger charge is -2.02. The molecule has 0 bridgehead atoms. The molecule has 0 aliphatic rings. The molecule has 0 atom stereocenters. The van der Waals surface area contributed by atoms with E-state index in [1.165, 1.54) is 0 Å². The predicted octanol–water partition coefficient (Wildman–Crippen LogP) is 1.16. The molecule has 0 aromatic carbocycles. The second-order valence-electron chi connectivity index (χ2n) is 2.82.